The van der Waals surface area contributed by atoms with Crippen molar-refractivity contribution in [1.29, 1.82) is 0 Å². The number of carbonyl (C=O) groups is 2. The molecule has 20 heavy (non-hydrogen) atoms. The first kappa shape index (κ1) is 14.3. The van der Waals surface area contributed by atoms with Crippen molar-refractivity contribution in [3.8, 4) is 5.75 Å². The molecule has 1 amide bonds. The van der Waals surface area contributed by atoms with E-state index in [1.807, 2.05) is 0 Å². The van der Waals surface area contributed by atoms with Crippen LogP contribution in [0.15, 0.2) is 24.3 Å². The number of carbonyl (C=O) groups excluding carboxylic acids is 1. The van der Waals surface area contributed by atoms with Crippen molar-refractivity contribution >= 4 is 11.9 Å². The third kappa shape index (κ3) is 3.69. The largest absolute Gasteiger partial charge is 0.484 e. The van der Waals surface area contributed by atoms with E-state index in [1.54, 1.807) is 6.07 Å². The average Bonchev–Trinajstić information content (AvgIpc) is 2.33. The first-order valence-electron chi connectivity index (χ1n) is 6.40. The van der Waals surface area contributed by atoms with Crippen molar-refractivity contribution in [2.24, 2.45) is 0 Å². The summed E-state index contributed by atoms with van der Waals surface area (Å²) in [5.74, 6) is -1.50. The minimum absolute atomic E-state index is 0.0846. The SMILES string of the molecule is O=C(O)CC1(NC(=O)COc2cccc(F)c2)CCC1. The van der Waals surface area contributed by atoms with Gasteiger partial charge in [-0.1, -0.05) is 6.07 Å². The molecule has 1 aromatic rings. The highest BCUT2D eigenvalue weighted by molar-refractivity contribution is 5.80. The van der Waals surface area contributed by atoms with E-state index in [0.29, 0.717) is 12.8 Å². The number of hydrogen-bond acceptors (Lipinski definition) is 3. The zero-order valence-corrected chi connectivity index (χ0v) is 10.9. The van der Waals surface area contributed by atoms with Gasteiger partial charge in [0.05, 0.1) is 12.0 Å². The lowest BCUT2D eigenvalue weighted by atomic mass is 9.74. The molecule has 6 heteroatoms. The fourth-order valence-electron chi connectivity index (χ4n) is 2.28. The van der Waals surface area contributed by atoms with Crippen LogP contribution < -0.4 is 10.1 Å². The topological polar surface area (TPSA) is 75.6 Å². The molecule has 0 heterocycles. The second-order valence-electron chi connectivity index (χ2n) is 5.00. The van der Waals surface area contributed by atoms with Crippen LogP contribution in [0.25, 0.3) is 0 Å². The van der Waals surface area contributed by atoms with Gasteiger partial charge in [0.2, 0.25) is 0 Å². The van der Waals surface area contributed by atoms with Gasteiger partial charge in [-0.3, -0.25) is 9.59 Å². The Labute approximate surface area is 115 Å². The van der Waals surface area contributed by atoms with Crippen molar-refractivity contribution in [2.75, 3.05) is 6.61 Å². The summed E-state index contributed by atoms with van der Waals surface area (Å²) in [7, 11) is 0. The maximum absolute atomic E-state index is 12.9. The predicted molar refractivity (Wildman–Crippen MR) is 68.9 cm³/mol. The molecule has 0 bridgehead atoms. The highest BCUT2D eigenvalue weighted by atomic mass is 19.1. The summed E-state index contributed by atoms with van der Waals surface area (Å²) in [4.78, 5) is 22.6. The van der Waals surface area contributed by atoms with E-state index < -0.39 is 23.2 Å². The summed E-state index contributed by atoms with van der Waals surface area (Å²) >= 11 is 0. The van der Waals surface area contributed by atoms with Gasteiger partial charge in [0.25, 0.3) is 5.91 Å². The average molecular weight is 281 g/mol. The Balaban J connectivity index is 1.84. The minimum atomic E-state index is -0.934. The number of aliphatic carboxylic acids is 1. The molecule has 0 aliphatic heterocycles. The van der Waals surface area contributed by atoms with E-state index in [2.05, 4.69) is 5.32 Å². The molecule has 0 spiro atoms. The van der Waals surface area contributed by atoms with Crippen LogP contribution in [0.2, 0.25) is 0 Å². The zero-order valence-electron chi connectivity index (χ0n) is 10.9. The summed E-state index contributed by atoms with van der Waals surface area (Å²) in [6.07, 6.45) is 2.13. The normalized spacial score (nSPS) is 16.1. The van der Waals surface area contributed by atoms with Gasteiger partial charge in [0.1, 0.15) is 11.6 Å². The van der Waals surface area contributed by atoms with Crippen molar-refractivity contribution in [2.45, 2.75) is 31.2 Å². The number of carboxylic acids is 1. The van der Waals surface area contributed by atoms with Gasteiger partial charge >= 0.3 is 5.97 Å². The summed E-state index contributed by atoms with van der Waals surface area (Å²) in [5, 5.41) is 11.5. The fourth-order valence-corrected chi connectivity index (χ4v) is 2.28. The number of benzene rings is 1. The summed E-state index contributed by atoms with van der Waals surface area (Å²) in [5.41, 5.74) is -0.645. The number of halogens is 1. The second kappa shape index (κ2) is 5.90. The highest BCUT2D eigenvalue weighted by Crippen LogP contribution is 2.34. The van der Waals surface area contributed by atoms with Gasteiger partial charge in [-0.2, -0.15) is 0 Å². The Morgan fingerprint density at radius 1 is 1.40 bits per heavy atom. The number of amides is 1. The number of ether oxygens (including phenoxy) is 1. The predicted octanol–water partition coefficient (Wildman–Crippen LogP) is 1.72. The standard InChI is InChI=1S/C14H16FNO4/c15-10-3-1-4-11(7-10)20-9-12(17)16-14(5-2-6-14)8-13(18)19/h1,3-4,7H,2,5-6,8-9H2,(H,16,17)(H,18,19). The molecule has 0 unspecified atom stereocenters. The Morgan fingerprint density at radius 3 is 2.70 bits per heavy atom. The van der Waals surface area contributed by atoms with E-state index in [4.69, 9.17) is 9.84 Å². The van der Waals surface area contributed by atoms with Gasteiger partial charge in [-0.15, -0.1) is 0 Å². The van der Waals surface area contributed by atoms with Gasteiger partial charge in [0.15, 0.2) is 6.61 Å². The van der Waals surface area contributed by atoms with E-state index >= 15 is 0 Å². The van der Waals surface area contributed by atoms with E-state index in [-0.39, 0.29) is 18.8 Å². The quantitative estimate of drug-likeness (QED) is 0.832. The molecule has 1 fully saturated rings. The minimum Gasteiger partial charge on any atom is -0.484 e. The van der Waals surface area contributed by atoms with Crippen molar-refractivity contribution < 1.29 is 23.8 Å². The molecule has 2 rings (SSSR count). The van der Waals surface area contributed by atoms with Gasteiger partial charge in [-0.05, 0) is 31.4 Å². The van der Waals surface area contributed by atoms with Gasteiger partial charge in [-0.25, -0.2) is 4.39 Å². The van der Waals surface area contributed by atoms with Gasteiger partial charge in [0, 0.05) is 6.07 Å². The number of carboxylic acid groups (broad SMARTS) is 1. The van der Waals surface area contributed by atoms with Crippen LogP contribution >= 0.6 is 0 Å². The molecule has 0 atom stereocenters. The van der Waals surface area contributed by atoms with Crippen LogP contribution in [-0.4, -0.2) is 29.1 Å². The Bertz CT molecular complexity index is 514. The summed E-state index contributed by atoms with van der Waals surface area (Å²) in [6.45, 7) is -0.259. The molecule has 0 aromatic heterocycles. The van der Waals surface area contributed by atoms with Crippen LogP contribution in [0.1, 0.15) is 25.7 Å². The molecule has 1 aromatic carbocycles. The molecule has 2 N–H and O–H groups in total. The maximum atomic E-state index is 12.9. The van der Waals surface area contributed by atoms with E-state index in [0.717, 1.165) is 6.42 Å². The first-order valence-corrected chi connectivity index (χ1v) is 6.40. The van der Waals surface area contributed by atoms with E-state index in [9.17, 15) is 14.0 Å². The molecule has 108 valence electrons. The molecular weight excluding hydrogens is 265 g/mol. The third-order valence-electron chi connectivity index (χ3n) is 3.37. The molecule has 1 aliphatic carbocycles. The first-order chi connectivity index (χ1) is 9.49. The third-order valence-corrected chi connectivity index (χ3v) is 3.37. The van der Waals surface area contributed by atoms with Crippen LogP contribution in [0.4, 0.5) is 4.39 Å². The Hall–Kier alpha value is -2.11. The smallest absolute Gasteiger partial charge is 0.305 e. The van der Waals surface area contributed by atoms with Crippen LogP contribution in [0.3, 0.4) is 0 Å². The maximum Gasteiger partial charge on any atom is 0.305 e. The highest BCUT2D eigenvalue weighted by Gasteiger charge is 2.40. The van der Waals surface area contributed by atoms with Crippen LogP contribution in [-0.2, 0) is 9.59 Å². The lowest BCUT2D eigenvalue weighted by Crippen LogP contribution is -2.55. The second-order valence-corrected chi connectivity index (χ2v) is 5.00. The van der Waals surface area contributed by atoms with Crippen molar-refractivity contribution in [1.82, 2.24) is 5.32 Å². The lowest BCUT2D eigenvalue weighted by Gasteiger charge is -2.41. The fraction of sp³-hybridized carbons (Fsp3) is 0.429. The zero-order chi connectivity index (χ0) is 14.6. The van der Waals surface area contributed by atoms with Crippen molar-refractivity contribution in [3.05, 3.63) is 30.1 Å². The van der Waals surface area contributed by atoms with Gasteiger partial charge < -0.3 is 15.2 Å². The number of nitrogens with one attached hydrogen (secondary N) is 1. The van der Waals surface area contributed by atoms with Crippen LogP contribution in [0, 0.1) is 5.82 Å². The molecule has 0 saturated heterocycles. The molecule has 0 radical (unpaired) electrons. The number of rotatable bonds is 6. The molecule has 5 nitrogen and oxygen atoms in total. The summed E-state index contributed by atoms with van der Waals surface area (Å²) < 4.78 is 18.1. The monoisotopic (exact) mass is 281 g/mol. The number of hydrogen-bond donors (Lipinski definition) is 2. The molecular formula is C14H16FNO4. The Morgan fingerprint density at radius 2 is 2.15 bits per heavy atom. The van der Waals surface area contributed by atoms with Crippen LogP contribution in [0.5, 0.6) is 5.75 Å². The lowest BCUT2D eigenvalue weighted by molar-refractivity contribution is -0.140. The van der Waals surface area contributed by atoms with Crippen molar-refractivity contribution in [3.63, 3.8) is 0 Å². The molecule has 1 aliphatic rings. The summed E-state index contributed by atoms with van der Waals surface area (Å²) in [6, 6.07) is 5.50. The molecule has 1 saturated carbocycles. The van der Waals surface area contributed by atoms with E-state index in [1.165, 1.54) is 18.2 Å². The Kier molecular flexibility index (Phi) is 4.22.